The standard InChI is InChI=1S/C18H30O2/c1-7-15-11-9-10-12-16(15)20-18(5,6)13-14-19-17(3,4)8-2/h9-12H,7-8,13-14H2,1-6H3. The Balaban J connectivity index is 2.57. The second-order valence-corrected chi connectivity index (χ2v) is 6.53. The zero-order valence-electron chi connectivity index (χ0n) is 14.0. The first kappa shape index (κ1) is 17.0. The quantitative estimate of drug-likeness (QED) is 0.666. The molecule has 20 heavy (non-hydrogen) atoms. The number of hydrogen-bond acceptors (Lipinski definition) is 2. The minimum atomic E-state index is -0.213. The molecule has 0 fully saturated rings. The summed E-state index contributed by atoms with van der Waals surface area (Å²) in [5.74, 6) is 0.995. The van der Waals surface area contributed by atoms with Crippen molar-refractivity contribution in [3.63, 3.8) is 0 Å². The minimum absolute atomic E-state index is 0.0442. The van der Waals surface area contributed by atoms with Gasteiger partial charge in [-0.3, -0.25) is 0 Å². The molecule has 114 valence electrons. The van der Waals surface area contributed by atoms with Crippen LogP contribution in [0.3, 0.4) is 0 Å². The Kier molecular flexibility index (Phi) is 6.07. The number of ether oxygens (including phenoxy) is 2. The molecular formula is C18H30O2. The van der Waals surface area contributed by atoms with Crippen LogP contribution in [0.5, 0.6) is 5.75 Å². The van der Waals surface area contributed by atoms with Crippen molar-refractivity contribution in [2.24, 2.45) is 0 Å². The Labute approximate surface area is 124 Å². The summed E-state index contributed by atoms with van der Waals surface area (Å²) < 4.78 is 12.1. The lowest BCUT2D eigenvalue weighted by molar-refractivity contribution is -0.0424. The maximum absolute atomic E-state index is 6.19. The minimum Gasteiger partial charge on any atom is -0.487 e. The van der Waals surface area contributed by atoms with Crippen molar-refractivity contribution in [1.82, 2.24) is 0 Å². The molecule has 0 aromatic heterocycles. The third-order valence-electron chi connectivity index (χ3n) is 3.79. The van der Waals surface area contributed by atoms with Crippen molar-refractivity contribution in [2.45, 2.75) is 72.0 Å². The summed E-state index contributed by atoms with van der Waals surface area (Å²) in [7, 11) is 0. The Bertz CT molecular complexity index is 408. The van der Waals surface area contributed by atoms with Gasteiger partial charge >= 0.3 is 0 Å². The lowest BCUT2D eigenvalue weighted by atomic mass is 10.0. The predicted octanol–water partition coefficient (Wildman–Crippen LogP) is 5.00. The van der Waals surface area contributed by atoms with Crippen LogP contribution in [0.1, 0.15) is 59.9 Å². The number of rotatable bonds is 8. The van der Waals surface area contributed by atoms with E-state index in [1.54, 1.807) is 0 Å². The van der Waals surface area contributed by atoms with Gasteiger partial charge in [-0.25, -0.2) is 0 Å². The zero-order valence-corrected chi connectivity index (χ0v) is 14.0. The highest BCUT2D eigenvalue weighted by molar-refractivity contribution is 5.33. The second kappa shape index (κ2) is 7.12. The van der Waals surface area contributed by atoms with Gasteiger partial charge in [0.15, 0.2) is 0 Å². The van der Waals surface area contributed by atoms with Crippen LogP contribution in [0.4, 0.5) is 0 Å². The van der Waals surface area contributed by atoms with E-state index in [1.165, 1.54) is 5.56 Å². The van der Waals surface area contributed by atoms with Crippen molar-refractivity contribution < 1.29 is 9.47 Å². The molecule has 0 unspecified atom stereocenters. The first-order valence-electron chi connectivity index (χ1n) is 7.70. The largest absolute Gasteiger partial charge is 0.487 e. The van der Waals surface area contributed by atoms with Crippen LogP contribution >= 0.6 is 0 Å². The molecule has 0 saturated carbocycles. The maximum atomic E-state index is 6.19. The normalized spacial score (nSPS) is 12.5. The summed E-state index contributed by atoms with van der Waals surface area (Å²) in [6.07, 6.45) is 2.90. The van der Waals surface area contributed by atoms with Gasteiger partial charge in [0.2, 0.25) is 0 Å². The molecule has 0 aliphatic heterocycles. The van der Waals surface area contributed by atoms with Gasteiger partial charge in [0.25, 0.3) is 0 Å². The van der Waals surface area contributed by atoms with Gasteiger partial charge in [0.05, 0.1) is 12.2 Å². The summed E-state index contributed by atoms with van der Waals surface area (Å²) in [6.45, 7) is 13.5. The molecule has 0 heterocycles. The van der Waals surface area contributed by atoms with Crippen LogP contribution in [-0.2, 0) is 11.2 Å². The first-order valence-corrected chi connectivity index (χ1v) is 7.70. The molecule has 1 rings (SSSR count). The zero-order chi connectivity index (χ0) is 15.2. The number of para-hydroxylation sites is 1. The number of aryl methyl sites for hydroxylation is 1. The highest BCUT2D eigenvalue weighted by Crippen LogP contribution is 2.26. The van der Waals surface area contributed by atoms with Crippen molar-refractivity contribution in [2.75, 3.05) is 6.61 Å². The fourth-order valence-corrected chi connectivity index (χ4v) is 1.92. The molecule has 0 spiro atoms. The molecular weight excluding hydrogens is 248 g/mol. The van der Waals surface area contributed by atoms with Crippen molar-refractivity contribution in [3.8, 4) is 5.75 Å². The fourth-order valence-electron chi connectivity index (χ4n) is 1.92. The van der Waals surface area contributed by atoms with Gasteiger partial charge in [-0.15, -0.1) is 0 Å². The van der Waals surface area contributed by atoms with Crippen molar-refractivity contribution in [1.29, 1.82) is 0 Å². The Morgan fingerprint density at radius 3 is 2.20 bits per heavy atom. The monoisotopic (exact) mass is 278 g/mol. The summed E-state index contributed by atoms with van der Waals surface area (Å²) in [6, 6.07) is 8.27. The van der Waals surface area contributed by atoms with Gasteiger partial charge in [-0.1, -0.05) is 32.0 Å². The summed E-state index contributed by atoms with van der Waals surface area (Å²) in [5.41, 5.74) is 1.00. The van der Waals surface area contributed by atoms with E-state index in [1.807, 2.05) is 6.07 Å². The third-order valence-corrected chi connectivity index (χ3v) is 3.79. The summed E-state index contributed by atoms with van der Waals surface area (Å²) in [4.78, 5) is 0. The van der Waals surface area contributed by atoms with E-state index in [2.05, 4.69) is 59.7 Å². The first-order chi connectivity index (χ1) is 9.29. The molecule has 0 atom stereocenters. The molecule has 2 nitrogen and oxygen atoms in total. The molecule has 1 aromatic rings. The van der Waals surface area contributed by atoms with Gasteiger partial charge in [0.1, 0.15) is 11.4 Å². The average molecular weight is 278 g/mol. The van der Waals surface area contributed by atoms with Crippen LogP contribution in [0.2, 0.25) is 0 Å². The molecule has 2 heteroatoms. The van der Waals surface area contributed by atoms with Gasteiger partial charge in [-0.05, 0) is 52.2 Å². The van der Waals surface area contributed by atoms with E-state index in [0.717, 1.165) is 31.6 Å². The maximum Gasteiger partial charge on any atom is 0.123 e. The van der Waals surface area contributed by atoms with Crippen LogP contribution in [0.15, 0.2) is 24.3 Å². The van der Waals surface area contributed by atoms with Crippen LogP contribution < -0.4 is 4.74 Å². The molecule has 0 radical (unpaired) electrons. The number of benzene rings is 1. The summed E-state index contributed by atoms with van der Waals surface area (Å²) >= 11 is 0. The number of hydrogen-bond donors (Lipinski definition) is 0. The smallest absolute Gasteiger partial charge is 0.123 e. The van der Waals surface area contributed by atoms with Gasteiger partial charge < -0.3 is 9.47 Å². The molecule has 0 N–H and O–H groups in total. The molecule has 0 bridgehead atoms. The molecule has 0 amide bonds. The molecule has 0 saturated heterocycles. The van der Waals surface area contributed by atoms with Crippen LogP contribution in [-0.4, -0.2) is 17.8 Å². The van der Waals surface area contributed by atoms with E-state index < -0.39 is 0 Å². The highest BCUT2D eigenvalue weighted by atomic mass is 16.5. The molecule has 0 aliphatic rings. The van der Waals surface area contributed by atoms with E-state index in [-0.39, 0.29) is 11.2 Å². The topological polar surface area (TPSA) is 18.5 Å². The van der Waals surface area contributed by atoms with Crippen LogP contribution in [0, 0.1) is 0 Å². The van der Waals surface area contributed by atoms with Crippen molar-refractivity contribution in [3.05, 3.63) is 29.8 Å². The average Bonchev–Trinajstić information content (AvgIpc) is 2.38. The predicted molar refractivity (Wildman–Crippen MR) is 85.5 cm³/mol. The Morgan fingerprint density at radius 2 is 1.60 bits per heavy atom. The van der Waals surface area contributed by atoms with Crippen molar-refractivity contribution >= 4 is 0 Å². The highest BCUT2D eigenvalue weighted by Gasteiger charge is 2.23. The summed E-state index contributed by atoms with van der Waals surface area (Å²) in [5, 5.41) is 0. The van der Waals surface area contributed by atoms with E-state index in [4.69, 9.17) is 9.47 Å². The van der Waals surface area contributed by atoms with E-state index >= 15 is 0 Å². The lowest BCUT2D eigenvalue weighted by Gasteiger charge is -2.30. The Morgan fingerprint density at radius 1 is 0.950 bits per heavy atom. The second-order valence-electron chi connectivity index (χ2n) is 6.53. The van der Waals surface area contributed by atoms with Gasteiger partial charge in [-0.2, -0.15) is 0 Å². The SMILES string of the molecule is CCc1ccccc1OC(C)(C)CCOC(C)(C)CC. The molecule has 0 aliphatic carbocycles. The lowest BCUT2D eigenvalue weighted by Crippen LogP contribution is -2.33. The van der Waals surface area contributed by atoms with E-state index in [9.17, 15) is 0 Å². The van der Waals surface area contributed by atoms with Gasteiger partial charge in [0, 0.05) is 6.42 Å². The van der Waals surface area contributed by atoms with Crippen LogP contribution in [0.25, 0.3) is 0 Å². The Hall–Kier alpha value is -1.02. The fraction of sp³-hybridized carbons (Fsp3) is 0.667. The third kappa shape index (κ3) is 5.54. The van der Waals surface area contributed by atoms with E-state index in [0.29, 0.717) is 0 Å². The molecule has 1 aromatic carbocycles.